The first kappa shape index (κ1) is 19.8. The Morgan fingerprint density at radius 3 is 2.85 bits per heavy atom. The van der Waals surface area contributed by atoms with E-state index in [-0.39, 0.29) is 11.8 Å². The molecule has 0 bridgehead atoms. The summed E-state index contributed by atoms with van der Waals surface area (Å²) in [6.45, 7) is 3.21. The van der Waals surface area contributed by atoms with Crippen molar-refractivity contribution in [2.24, 2.45) is 0 Å². The molecule has 0 fully saturated rings. The van der Waals surface area contributed by atoms with E-state index in [4.69, 9.17) is 16.3 Å². The van der Waals surface area contributed by atoms with Crippen LogP contribution in [0.4, 0.5) is 0 Å². The molecule has 0 unspecified atom stereocenters. The third-order valence-corrected chi connectivity index (χ3v) is 6.22. The van der Waals surface area contributed by atoms with Crippen molar-refractivity contribution < 1.29 is 14.3 Å². The van der Waals surface area contributed by atoms with Gasteiger partial charge in [0.2, 0.25) is 0 Å². The maximum atomic E-state index is 12.5. The maximum absolute atomic E-state index is 12.5. The van der Waals surface area contributed by atoms with Crippen molar-refractivity contribution >= 4 is 34.7 Å². The highest BCUT2D eigenvalue weighted by Gasteiger charge is 2.33. The summed E-state index contributed by atoms with van der Waals surface area (Å²) < 4.78 is 5.06. The molecule has 0 N–H and O–H groups in total. The molecule has 1 atom stereocenters. The van der Waals surface area contributed by atoms with Gasteiger partial charge in [-0.3, -0.25) is 9.69 Å². The van der Waals surface area contributed by atoms with E-state index < -0.39 is 6.04 Å². The number of carbonyl (C=O) groups excluding carboxylic acids is 2. The summed E-state index contributed by atoms with van der Waals surface area (Å²) in [6.07, 6.45) is 4.64. The zero-order chi connectivity index (χ0) is 19.4. The van der Waals surface area contributed by atoms with Crippen molar-refractivity contribution in [3.05, 3.63) is 68.4 Å². The smallest absolute Gasteiger partial charge is 0.327 e. The van der Waals surface area contributed by atoms with Gasteiger partial charge in [0, 0.05) is 34.3 Å². The van der Waals surface area contributed by atoms with Crippen molar-refractivity contribution in [1.82, 2.24) is 4.90 Å². The van der Waals surface area contributed by atoms with Gasteiger partial charge in [-0.1, -0.05) is 35.9 Å². The summed E-state index contributed by atoms with van der Waals surface area (Å²) >= 11 is 8.05. The van der Waals surface area contributed by atoms with Crippen LogP contribution in [0.2, 0.25) is 5.02 Å². The fourth-order valence-electron chi connectivity index (χ4n) is 3.42. The van der Waals surface area contributed by atoms with Crippen LogP contribution >= 0.6 is 22.9 Å². The van der Waals surface area contributed by atoms with Gasteiger partial charge in [0.25, 0.3) is 0 Å². The van der Waals surface area contributed by atoms with E-state index in [1.165, 1.54) is 17.6 Å². The van der Waals surface area contributed by atoms with Gasteiger partial charge in [-0.05, 0) is 42.7 Å². The lowest BCUT2D eigenvalue weighted by Crippen LogP contribution is -2.38. The number of methoxy groups -OCH3 is 1. The van der Waals surface area contributed by atoms with E-state index in [0.717, 1.165) is 23.4 Å². The molecule has 0 saturated carbocycles. The van der Waals surface area contributed by atoms with Gasteiger partial charge < -0.3 is 4.74 Å². The van der Waals surface area contributed by atoms with Crippen LogP contribution in [0, 0.1) is 0 Å². The predicted molar refractivity (Wildman–Crippen MR) is 108 cm³/mol. The third kappa shape index (κ3) is 4.49. The average Bonchev–Trinajstić information content (AvgIpc) is 3.04. The van der Waals surface area contributed by atoms with Crippen LogP contribution in [-0.4, -0.2) is 30.3 Å². The first-order valence-electron chi connectivity index (χ1n) is 8.85. The Hall–Kier alpha value is -1.95. The third-order valence-electron chi connectivity index (χ3n) is 4.64. The summed E-state index contributed by atoms with van der Waals surface area (Å²) in [6, 6.07) is 8.94. The molecule has 2 aromatic rings. The van der Waals surface area contributed by atoms with Crippen LogP contribution in [0.3, 0.4) is 0 Å². The van der Waals surface area contributed by atoms with Crippen molar-refractivity contribution in [3.8, 4) is 0 Å². The van der Waals surface area contributed by atoms with Gasteiger partial charge in [-0.2, -0.15) is 0 Å². The largest absolute Gasteiger partial charge is 0.468 e. The molecule has 0 saturated heterocycles. The van der Waals surface area contributed by atoms with E-state index in [1.807, 2.05) is 25.1 Å². The maximum Gasteiger partial charge on any atom is 0.327 e. The quantitative estimate of drug-likeness (QED) is 0.531. The van der Waals surface area contributed by atoms with Gasteiger partial charge in [0.05, 0.1) is 7.11 Å². The number of ketones is 1. The van der Waals surface area contributed by atoms with E-state index in [9.17, 15) is 9.59 Å². The number of allylic oxidation sites excluding steroid dienone is 2. The van der Waals surface area contributed by atoms with Gasteiger partial charge in [0.1, 0.15) is 6.04 Å². The lowest BCUT2D eigenvalue weighted by Gasteiger charge is -2.33. The van der Waals surface area contributed by atoms with Gasteiger partial charge in [-0.25, -0.2) is 4.79 Å². The minimum Gasteiger partial charge on any atom is -0.468 e. The Kier molecular flexibility index (Phi) is 6.47. The summed E-state index contributed by atoms with van der Waals surface area (Å²) in [5.41, 5.74) is 1.93. The Morgan fingerprint density at radius 2 is 2.15 bits per heavy atom. The van der Waals surface area contributed by atoms with Gasteiger partial charge in [-0.15, -0.1) is 11.3 Å². The summed E-state index contributed by atoms with van der Waals surface area (Å²) in [5, 5.41) is 0.557. The second-order valence-electron chi connectivity index (χ2n) is 6.47. The van der Waals surface area contributed by atoms with E-state index >= 15 is 0 Å². The van der Waals surface area contributed by atoms with E-state index in [1.54, 1.807) is 29.6 Å². The molecule has 0 spiro atoms. The topological polar surface area (TPSA) is 46.6 Å². The standard InChI is InChI=1S/C21H22ClNO3S/c1-3-6-15(24)12-16-11-14-13-23(10-9-19(14)27-16)20(21(25)26-2)17-7-4-5-8-18(17)22/h3-8,11,20H,9-10,12-13H2,1-2H3/b6-3+/t20-/m0/s1. The predicted octanol–water partition coefficient (Wildman–Crippen LogP) is 4.36. The Bertz CT molecular complexity index is 874. The molecule has 142 valence electrons. The molecular weight excluding hydrogens is 382 g/mol. The number of hydrogen-bond acceptors (Lipinski definition) is 5. The number of carbonyl (C=O) groups is 2. The molecule has 27 heavy (non-hydrogen) atoms. The number of ether oxygens (including phenoxy) is 1. The molecule has 0 aliphatic carbocycles. The van der Waals surface area contributed by atoms with Crippen LogP contribution < -0.4 is 0 Å². The summed E-state index contributed by atoms with van der Waals surface area (Å²) in [7, 11) is 1.40. The molecule has 6 heteroatoms. The molecule has 1 aromatic carbocycles. The van der Waals surface area contributed by atoms with Gasteiger partial charge >= 0.3 is 5.97 Å². The summed E-state index contributed by atoms with van der Waals surface area (Å²) in [4.78, 5) is 28.9. The van der Waals surface area contributed by atoms with Crippen LogP contribution in [0.25, 0.3) is 0 Å². The normalized spacial score (nSPS) is 15.5. The van der Waals surface area contributed by atoms with E-state index in [0.29, 0.717) is 18.0 Å². The number of benzene rings is 1. The minimum atomic E-state index is -0.537. The van der Waals surface area contributed by atoms with Gasteiger partial charge in [0.15, 0.2) is 5.78 Å². The Labute approximate surface area is 168 Å². The SMILES string of the molecule is C/C=C/C(=O)Cc1cc2c(s1)CCN([C@H](C(=O)OC)c1ccccc1Cl)C2. The fourth-order valence-corrected chi connectivity index (χ4v) is 4.84. The Morgan fingerprint density at radius 1 is 1.37 bits per heavy atom. The highest BCUT2D eigenvalue weighted by Crippen LogP contribution is 2.35. The monoisotopic (exact) mass is 403 g/mol. The van der Waals surface area contributed by atoms with Crippen LogP contribution in [0.5, 0.6) is 0 Å². The molecule has 1 aliphatic heterocycles. The average molecular weight is 404 g/mol. The summed E-state index contributed by atoms with van der Waals surface area (Å²) in [5.74, 6) is -0.207. The Balaban J connectivity index is 1.84. The molecule has 0 radical (unpaired) electrons. The molecule has 3 rings (SSSR count). The minimum absolute atomic E-state index is 0.108. The highest BCUT2D eigenvalue weighted by atomic mass is 35.5. The molecule has 1 aliphatic rings. The number of halogens is 1. The van der Waals surface area contributed by atoms with Crippen LogP contribution in [0.15, 0.2) is 42.5 Å². The second-order valence-corrected chi connectivity index (χ2v) is 8.10. The number of thiophene rings is 1. The molecule has 2 heterocycles. The first-order chi connectivity index (χ1) is 13.0. The zero-order valence-electron chi connectivity index (χ0n) is 15.4. The van der Waals surface area contributed by atoms with Crippen molar-refractivity contribution in [1.29, 1.82) is 0 Å². The van der Waals surface area contributed by atoms with Crippen LogP contribution in [-0.2, 0) is 33.7 Å². The molecule has 1 aromatic heterocycles. The number of nitrogens with zero attached hydrogens (tertiary/aromatic N) is 1. The van der Waals surface area contributed by atoms with Crippen molar-refractivity contribution in [2.75, 3.05) is 13.7 Å². The lowest BCUT2D eigenvalue weighted by atomic mass is 10.0. The molecule has 4 nitrogen and oxygen atoms in total. The zero-order valence-corrected chi connectivity index (χ0v) is 17.0. The second kappa shape index (κ2) is 8.83. The number of esters is 1. The number of fused-ring (bicyclic) bond motifs is 1. The highest BCUT2D eigenvalue weighted by molar-refractivity contribution is 7.12. The van der Waals surface area contributed by atoms with E-state index in [2.05, 4.69) is 11.0 Å². The lowest BCUT2D eigenvalue weighted by molar-refractivity contribution is -0.147. The molecular formula is C21H22ClNO3S. The van der Waals surface area contributed by atoms with Crippen molar-refractivity contribution in [2.45, 2.75) is 32.4 Å². The fraction of sp³-hybridized carbons (Fsp3) is 0.333. The van der Waals surface area contributed by atoms with Crippen molar-refractivity contribution in [3.63, 3.8) is 0 Å². The number of rotatable bonds is 6. The molecule has 0 amide bonds. The number of hydrogen-bond donors (Lipinski definition) is 0. The van der Waals surface area contributed by atoms with Crippen LogP contribution in [0.1, 0.15) is 33.8 Å². The first-order valence-corrected chi connectivity index (χ1v) is 10.0.